The molecule has 1 aliphatic heterocycles. The van der Waals surface area contributed by atoms with E-state index in [9.17, 15) is 4.79 Å². The summed E-state index contributed by atoms with van der Waals surface area (Å²) in [5, 5.41) is 3.30. The summed E-state index contributed by atoms with van der Waals surface area (Å²) in [5.74, 6) is -0.291. The van der Waals surface area contributed by atoms with Gasteiger partial charge in [-0.25, -0.2) is 0 Å². The minimum atomic E-state index is -0.746. The highest BCUT2D eigenvalue weighted by atomic mass is 16.2. The van der Waals surface area contributed by atoms with Gasteiger partial charge in [0, 0.05) is 39.3 Å². The van der Waals surface area contributed by atoms with Crippen LogP contribution in [-0.4, -0.2) is 60.6 Å². The lowest BCUT2D eigenvalue weighted by Gasteiger charge is -2.49. The molecular weight excluding hydrogens is 240 g/mol. The van der Waals surface area contributed by atoms with E-state index < -0.39 is 5.66 Å². The summed E-state index contributed by atoms with van der Waals surface area (Å²) < 4.78 is 0. The van der Waals surface area contributed by atoms with Gasteiger partial charge in [-0.3, -0.25) is 14.6 Å². The van der Waals surface area contributed by atoms with Crippen LogP contribution in [0.4, 0.5) is 0 Å². The number of primary amides is 1. The first-order valence-electron chi connectivity index (χ1n) is 6.86. The molecule has 19 heavy (non-hydrogen) atoms. The number of nitrogens with two attached hydrogens (primary N) is 1. The van der Waals surface area contributed by atoms with E-state index in [1.165, 1.54) is 0 Å². The van der Waals surface area contributed by atoms with Gasteiger partial charge in [0.2, 0.25) is 0 Å². The van der Waals surface area contributed by atoms with E-state index in [1.54, 1.807) is 12.2 Å². The van der Waals surface area contributed by atoms with Gasteiger partial charge in [0.25, 0.3) is 5.91 Å². The van der Waals surface area contributed by atoms with Crippen LogP contribution in [0.2, 0.25) is 0 Å². The molecule has 0 aromatic rings. The molecule has 5 nitrogen and oxygen atoms in total. The van der Waals surface area contributed by atoms with Crippen molar-refractivity contribution in [3.63, 3.8) is 0 Å². The van der Waals surface area contributed by atoms with Crippen molar-refractivity contribution in [1.82, 2.24) is 15.1 Å². The second-order valence-corrected chi connectivity index (χ2v) is 4.75. The SMILES string of the molecule is C=CCN(CC=C)C(CC)(C(N)=O)N1CCNCC1. The summed E-state index contributed by atoms with van der Waals surface area (Å²) in [6, 6.07) is 0. The molecule has 0 saturated carbocycles. The van der Waals surface area contributed by atoms with Gasteiger partial charge in [0.1, 0.15) is 0 Å². The second kappa shape index (κ2) is 7.43. The average molecular weight is 266 g/mol. The maximum absolute atomic E-state index is 12.2. The second-order valence-electron chi connectivity index (χ2n) is 4.75. The van der Waals surface area contributed by atoms with Gasteiger partial charge < -0.3 is 11.1 Å². The lowest BCUT2D eigenvalue weighted by Crippen LogP contribution is -2.70. The molecule has 0 aromatic heterocycles. The molecular formula is C14H26N4O. The summed E-state index contributed by atoms with van der Waals surface area (Å²) >= 11 is 0. The molecule has 1 heterocycles. The molecule has 0 bridgehead atoms. The molecule has 1 aliphatic rings. The number of carbonyl (C=O) groups excluding carboxylic acids is 1. The van der Waals surface area contributed by atoms with Crippen LogP contribution in [0.5, 0.6) is 0 Å². The van der Waals surface area contributed by atoms with Gasteiger partial charge in [-0.2, -0.15) is 0 Å². The normalized spacial score (nSPS) is 19.9. The number of hydrogen-bond acceptors (Lipinski definition) is 4. The largest absolute Gasteiger partial charge is 0.367 e. The third-order valence-corrected chi connectivity index (χ3v) is 3.75. The Bertz CT molecular complexity index is 315. The van der Waals surface area contributed by atoms with Crippen molar-refractivity contribution < 1.29 is 4.79 Å². The summed E-state index contributed by atoms with van der Waals surface area (Å²) in [5.41, 5.74) is 5.02. The molecule has 5 heteroatoms. The van der Waals surface area contributed by atoms with Gasteiger partial charge in [-0.05, 0) is 6.42 Å². The molecule has 1 rings (SSSR count). The fourth-order valence-electron chi connectivity index (χ4n) is 2.86. The standard InChI is InChI=1S/C14H26N4O/c1-4-9-17(10-5-2)14(6-3,13(15)19)18-11-7-16-8-12-18/h4-5,16H,1-2,6-12H2,3H3,(H2,15,19). The van der Waals surface area contributed by atoms with Crippen LogP contribution >= 0.6 is 0 Å². The highest BCUT2D eigenvalue weighted by molar-refractivity contribution is 5.84. The molecule has 1 unspecified atom stereocenters. The Balaban J connectivity index is 3.09. The maximum Gasteiger partial charge on any atom is 0.253 e. The first-order valence-corrected chi connectivity index (χ1v) is 6.86. The van der Waals surface area contributed by atoms with Gasteiger partial charge in [0.05, 0.1) is 0 Å². The minimum Gasteiger partial charge on any atom is -0.367 e. The number of piperazine rings is 1. The van der Waals surface area contributed by atoms with E-state index in [1.807, 2.05) is 6.92 Å². The Kier molecular flexibility index (Phi) is 6.21. The molecule has 0 aromatic carbocycles. The van der Waals surface area contributed by atoms with E-state index in [0.29, 0.717) is 19.5 Å². The third-order valence-electron chi connectivity index (χ3n) is 3.75. The van der Waals surface area contributed by atoms with Crippen LogP contribution in [0.1, 0.15) is 13.3 Å². The molecule has 1 amide bonds. The Hall–Kier alpha value is -1.17. The Morgan fingerprint density at radius 3 is 2.26 bits per heavy atom. The topological polar surface area (TPSA) is 61.6 Å². The van der Waals surface area contributed by atoms with Crippen LogP contribution in [0.25, 0.3) is 0 Å². The zero-order chi connectivity index (χ0) is 14.3. The number of nitrogens with one attached hydrogen (secondary N) is 1. The summed E-state index contributed by atoms with van der Waals surface area (Å²) in [6.07, 6.45) is 4.27. The van der Waals surface area contributed by atoms with Gasteiger partial charge >= 0.3 is 0 Å². The molecule has 0 spiro atoms. The monoisotopic (exact) mass is 266 g/mol. The zero-order valence-corrected chi connectivity index (χ0v) is 11.9. The van der Waals surface area contributed by atoms with Crippen molar-refractivity contribution in [1.29, 1.82) is 0 Å². The molecule has 108 valence electrons. The van der Waals surface area contributed by atoms with Gasteiger partial charge in [-0.15, -0.1) is 13.2 Å². The van der Waals surface area contributed by atoms with Gasteiger partial charge in [0.15, 0.2) is 5.66 Å². The number of amides is 1. The van der Waals surface area contributed by atoms with Crippen molar-refractivity contribution in [2.45, 2.75) is 19.0 Å². The Labute approximate surface area is 116 Å². The van der Waals surface area contributed by atoms with Crippen LogP contribution < -0.4 is 11.1 Å². The Morgan fingerprint density at radius 1 is 1.37 bits per heavy atom. The summed E-state index contributed by atoms with van der Waals surface area (Å²) in [4.78, 5) is 16.4. The van der Waals surface area contributed by atoms with Crippen LogP contribution in [0.3, 0.4) is 0 Å². The quantitative estimate of drug-likeness (QED) is 0.614. The highest BCUT2D eigenvalue weighted by Gasteiger charge is 2.45. The third kappa shape index (κ3) is 3.23. The number of carbonyl (C=O) groups is 1. The minimum absolute atomic E-state index is 0.291. The highest BCUT2D eigenvalue weighted by Crippen LogP contribution is 2.25. The first kappa shape index (κ1) is 15.9. The number of rotatable bonds is 8. The fraction of sp³-hybridized carbons (Fsp3) is 0.643. The fourth-order valence-corrected chi connectivity index (χ4v) is 2.86. The van der Waals surface area contributed by atoms with Crippen molar-refractivity contribution in [2.24, 2.45) is 5.73 Å². The summed E-state index contributed by atoms with van der Waals surface area (Å²) in [6.45, 7) is 14.2. The molecule has 0 radical (unpaired) electrons. The summed E-state index contributed by atoms with van der Waals surface area (Å²) in [7, 11) is 0. The van der Waals surface area contributed by atoms with E-state index >= 15 is 0 Å². The smallest absolute Gasteiger partial charge is 0.253 e. The van der Waals surface area contributed by atoms with Crippen LogP contribution in [0.15, 0.2) is 25.3 Å². The lowest BCUT2D eigenvalue weighted by atomic mass is 9.99. The van der Waals surface area contributed by atoms with Crippen molar-refractivity contribution in [3.8, 4) is 0 Å². The van der Waals surface area contributed by atoms with Gasteiger partial charge in [-0.1, -0.05) is 19.1 Å². The lowest BCUT2D eigenvalue weighted by molar-refractivity contribution is -0.146. The molecule has 1 fully saturated rings. The van der Waals surface area contributed by atoms with Crippen molar-refractivity contribution in [2.75, 3.05) is 39.3 Å². The molecule has 0 aliphatic carbocycles. The van der Waals surface area contributed by atoms with E-state index in [4.69, 9.17) is 5.73 Å². The molecule has 1 saturated heterocycles. The maximum atomic E-state index is 12.2. The number of nitrogens with zero attached hydrogens (tertiary/aromatic N) is 2. The zero-order valence-electron chi connectivity index (χ0n) is 11.9. The van der Waals surface area contributed by atoms with E-state index in [2.05, 4.69) is 28.3 Å². The number of hydrogen-bond donors (Lipinski definition) is 2. The van der Waals surface area contributed by atoms with E-state index in [-0.39, 0.29) is 5.91 Å². The average Bonchev–Trinajstić information content (AvgIpc) is 2.41. The Morgan fingerprint density at radius 2 is 1.89 bits per heavy atom. The molecule has 3 N–H and O–H groups in total. The van der Waals surface area contributed by atoms with Crippen molar-refractivity contribution >= 4 is 5.91 Å². The first-order chi connectivity index (χ1) is 9.13. The predicted molar refractivity (Wildman–Crippen MR) is 78.6 cm³/mol. The van der Waals surface area contributed by atoms with Crippen molar-refractivity contribution in [3.05, 3.63) is 25.3 Å². The molecule has 1 atom stereocenters. The van der Waals surface area contributed by atoms with E-state index in [0.717, 1.165) is 26.2 Å². The van der Waals surface area contributed by atoms with Crippen LogP contribution in [-0.2, 0) is 4.79 Å². The van der Waals surface area contributed by atoms with Crippen LogP contribution in [0, 0.1) is 0 Å². The predicted octanol–water partition coefficient (Wildman–Crippen LogP) is 0.157.